The standard InChI is InChI=1S/C17H28S/c1-3-4-5-6-7-11-14-18-15-16(2)17-12-9-8-10-13-17/h8-10,12-13,16H,3-7,11,14-15H2,1-2H3. The second-order valence-electron chi connectivity index (χ2n) is 5.15. The summed E-state index contributed by atoms with van der Waals surface area (Å²) in [5, 5.41) is 0. The lowest BCUT2D eigenvalue weighted by atomic mass is 10.0. The topological polar surface area (TPSA) is 0 Å². The summed E-state index contributed by atoms with van der Waals surface area (Å²) in [7, 11) is 0. The number of thioether (sulfide) groups is 1. The summed E-state index contributed by atoms with van der Waals surface area (Å²) in [6, 6.07) is 10.9. The summed E-state index contributed by atoms with van der Waals surface area (Å²) in [4.78, 5) is 0. The first-order valence-electron chi connectivity index (χ1n) is 7.47. The van der Waals surface area contributed by atoms with Gasteiger partial charge in [0.1, 0.15) is 0 Å². The van der Waals surface area contributed by atoms with Crippen molar-refractivity contribution in [2.24, 2.45) is 0 Å². The van der Waals surface area contributed by atoms with Crippen molar-refractivity contribution in [2.45, 2.75) is 58.3 Å². The summed E-state index contributed by atoms with van der Waals surface area (Å²) in [5.41, 5.74) is 1.48. The van der Waals surface area contributed by atoms with Crippen LogP contribution in [0.2, 0.25) is 0 Å². The molecule has 0 aliphatic rings. The van der Waals surface area contributed by atoms with E-state index in [1.54, 1.807) is 0 Å². The highest BCUT2D eigenvalue weighted by Crippen LogP contribution is 2.21. The van der Waals surface area contributed by atoms with Gasteiger partial charge in [-0.3, -0.25) is 0 Å². The Morgan fingerprint density at radius 1 is 0.944 bits per heavy atom. The first-order valence-corrected chi connectivity index (χ1v) is 8.62. The number of unbranched alkanes of at least 4 members (excludes halogenated alkanes) is 5. The molecule has 1 heteroatoms. The lowest BCUT2D eigenvalue weighted by Gasteiger charge is -2.11. The van der Waals surface area contributed by atoms with E-state index >= 15 is 0 Å². The van der Waals surface area contributed by atoms with E-state index in [9.17, 15) is 0 Å². The normalized spacial score (nSPS) is 12.6. The molecular weight excluding hydrogens is 236 g/mol. The lowest BCUT2D eigenvalue weighted by molar-refractivity contribution is 0.627. The number of rotatable bonds is 10. The van der Waals surface area contributed by atoms with Gasteiger partial charge in [0.15, 0.2) is 0 Å². The fraction of sp³-hybridized carbons (Fsp3) is 0.647. The predicted octanol–water partition coefficient (Wildman–Crippen LogP) is 5.88. The van der Waals surface area contributed by atoms with Crippen LogP contribution in [0.4, 0.5) is 0 Å². The van der Waals surface area contributed by atoms with Crippen molar-refractivity contribution in [3.63, 3.8) is 0 Å². The summed E-state index contributed by atoms with van der Waals surface area (Å²) >= 11 is 2.12. The minimum Gasteiger partial charge on any atom is -0.161 e. The van der Waals surface area contributed by atoms with Crippen LogP contribution < -0.4 is 0 Å². The third kappa shape index (κ3) is 7.10. The van der Waals surface area contributed by atoms with Gasteiger partial charge in [0.25, 0.3) is 0 Å². The van der Waals surface area contributed by atoms with E-state index < -0.39 is 0 Å². The van der Waals surface area contributed by atoms with Crippen molar-refractivity contribution in [3.05, 3.63) is 35.9 Å². The Kier molecular flexibility index (Phi) is 9.11. The second-order valence-corrected chi connectivity index (χ2v) is 6.30. The zero-order chi connectivity index (χ0) is 13.1. The second kappa shape index (κ2) is 10.5. The Hall–Kier alpha value is -0.430. The molecule has 0 saturated carbocycles. The predicted molar refractivity (Wildman–Crippen MR) is 85.6 cm³/mol. The zero-order valence-electron chi connectivity index (χ0n) is 12.0. The van der Waals surface area contributed by atoms with Crippen molar-refractivity contribution in [3.8, 4) is 0 Å². The highest BCUT2D eigenvalue weighted by molar-refractivity contribution is 7.99. The van der Waals surface area contributed by atoms with Crippen LogP contribution in [0.3, 0.4) is 0 Å². The van der Waals surface area contributed by atoms with Gasteiger partial charge in [0.2, 0.25) is 0 Å². The molecular formula is C17H28S. The quantitative estimate of drug-likeness (QED) is 0.475. The van der Waals surface area contributed by atoms with Gasteiger partial charge in [-0.1, -0.05) is 76.3 Å². The highest BCUT2D eigenvalue weighted by Gasteiger charge is 2.04. The molecule has 1 rings (SSSR count). The molecule has 102 valence electrons. The third-order valence-corrected chi connectivity index (χ3v) is 4.69. The third-order valence-electron chi connectivity index (χ3n) is 3.38. The molecule has 0 amide bonds. The smallest absolute Gasteiger partial charge is 0.000119 e. The molecule has 0 heterocycles. The molecule has 1 aromatic carbocycles. The molecule has 1 aromatic rings. The number of benzene rings is 1. The maximum absolute atomic E-state index is 2.34. The minimum atomic E-state index is 0.691. The van der Waals surface area contributed by atoms with E-state index in [4.69, 9.17) is 0 Å². The fourth-order valence-corrected chi connectivity index (χ4v) is 3.24. The van der Waals surface area contributed by atoms with Gasteiger partial charge in [-0.05, 0) is 29.4 Å². The monoisotopic (exact) mass is 264 g/mol. The Morgan fingerprint density at radius 3 is 2.33 bits per heavy atom. The van der Waals surface area contributed by atoms with Gasteiger partial charge >= 0.3 is 0 Å². The molecule has 1 atom stereocenters. The summed E-state index contributed by atoms with van der Waals surface area (Å²) in [6.07, 6.45) is 8.45. The van der Waals surface area contributed by atoms with Crippen LogP contribution in [0.5, 0.6) is 0 Å². The van der Waals surface area contributed by atoms with Gasteiger partial charge in [-0.2, -0.15) is 11.8 Å². The molecule has 0 fully saturated rings. The van der Waals surface area contributed by atoms with E-state index in [0.29, 0.717) is 5.92 Å². The SMILES string of the molecule is CCCCCCCCSCC(C)c1ccccc1. The zero-order valence-corrected chi connectivity index (χ0v) is 12.8. The molecule has 0 saturated heterocycles. The van der Waals surface area contributed by atoms with Crippen molar-refractivity contribution in [2.75, 3.05) is 11.5 Å². The average Bonchev–Trinajstić information content (AvgIpc) is 2.42. The Labute approximate surface area is 118 Å². The van der Waals surface area contributed by atoms with Crippen LogP contribution in [0.15, 0.2) is 30.3 Å². The molecule has 18 heavy (non-hydrogen) atoms. The molecule has 1 unspecified atom stereocenters. The Morgan fingerprint density at radius 2 is 1.61 bits per heavy atom. The van der Waals surface area contributed by atoms with Crippen molar-refractivity contribution in [1.82, 2.24) is 0 Å². The molecule has 0 radical (unpaired) electrons. The van der Waals surface area contributed by atoms with Crippen LogP contribution in [0.25, 0.3) is 0 Å². The summed E-state index contributed by atoms with van der Waals surface area (Å²) in [6.45, 7) is 4.62. The van der Waals surface area contributed by atoms with E-state index in [1.165, 1.54) is 55.6 Å². The molecule has 0 aliphatic heterocycles. The summed E-state index contributed by atoms with van der Waals surface area (Å²) < 4.78 is 0. The number of hydrogen-bond acceptors (Lipinski definition) is 1. The van der Waals surface area contributed by atoms with Crippen molar-refractivity contribution < 1.29 is 0 Å². The first kappa shape index (κ1) is 15.6. The lowest BCUT2D eigenvalue weighted by Crippen LogP contribution is -1.97. The van der Waals surface area contributed by atoms with Gasteiger partial charge in [0.05, 0.1) is 0 Å². The molecule has 0 aromatic heterocycles. The van der Waals surface area contributed by atoms with E-state index in [-0.39, 0.29) is 0 Å². The first-order chi connectivity index (χ1) is 8.84. The molecule has 0 nitrogen and oxygen atoms in total. The largest absolute Gasteiger partial charge is 0.161 e. The van der Waals surface area contributed by atoms with Crippen LogP contribution in [-0.4, -0.2) is 11.5 Å². The van der Waals surface area contributed by atoms with E-state index in [2.05, 4.69) is 55.9 Å². The van der Waals surface area contributed by atoms with Gasteiger partial charge in [0, 0.05) is 0 Å². The van der Waals surface area contributed by atoms with Gasteiger partial charge in [-0.15, -0.1) is 0 Å². The van der Waals surface area contributed by atoms with E-state index in [0.717, 1.165) is 0 Å². The maximum Gasteiger partial charge on any atom is -0.000119 e. The van der Waals surface area contributed by atoms with Gasteiger partial charge < -0.3 is 0 Å². The van der Waals surface area contributed by atoms with Crippen LogP contribution in [-0.2, 0) is 0 Å². The highest BCUT2D eigenvalue weighted by atomic mass is 32.2. The molecule has 0 bridgehead atoms. The van der Waals surface area contributed by atoms with Gasteiger partial charge in [-0.25, -0.2) is 0 Å². The minimum absolute atomic E-state index is 0.691. The fourth-order valence-electron chi connectivity index (χ4n) is 2.12. The van der Waals surface area contributed by atoms with Crippen LogP contribution in [0.1, 0.15) is 63.9 Å². The molecule has 0 spiro atoms. The van der Waals surface area contributed by atoms with Crippen molar-refractivity contribution in [1.29, 1.82) is 0 Å². The van der Waals surface area contributed by atoms with Crippen LogP contribution in [0, 0.1) is 0 Å². The molecule has 0 aliphatic carbocycles. The Bertz CT molecular complexity index is 281. The summed E-state index contributed by atoms with van der Waals surface area (Å²) in [5.74, 6) is 3.29. The maximum atomic E-state index is 2.34. The average molecular weight is 264 g/mol. The van der Waals surface area contributed by atoms with Crippen molar-refractivity contribution >= 4 is 11.8 Å². The van der Waals surface area contributed by atoms with Crippen LogP contribution >= 0.6 is 11.8 Å². The number of hydrogen-bond donors (Lipinski definition) is 0. The Balaban J connectivity index is 1.98. The van der Waals surface area contributed by atoms with E-state index in [1.807, 2.05) is 0 Å². The molecule has 0 N–H and O–H groups in total.